The van der Waals surface area contributed by atoms with Crippen LogP contribution in [0.1, 0.15) is 12.5 Å². The Labute approximate surface area is 110 Å². The third kappa shape index (κ3) is 6.10. The molecule has 1 heterocycles. The molecule has 0 spiro atoms. The zero-order chi connectivity index (χ0) is 13.2. The van der Waals surface area contributed by atoms with Crippen LogP contribution in [0.4, 0.5) is 0 Å². The highest BCUT2D eigenvalue weighted by atomic mass is 16.5. The monoisotopic (exact) mass is 251 g/mol. The number of likely N-dealkylation sites (N-methyl/N-ethyl adjacent to an activating group) is 1. The van der Waals surface area contributed by atoms with Gasteiger partial charge in [0.25, 0.3) is 0 Å². The predicted octanol–water partition coefficient (Wildman–Crippen LogP) is 1.18. The van der Waals surface area contributed by atoms with Crippen molar-refractivity contribution in [3.63, 3.8) is 0 Å². The summed E-state index contributed by atoms with van der Waals surface area (Å²) in [6, 6.07) is 4.69. The molecule has 1 unspecified atom stereocenters. The van der Waals surface area contributed by atoms with E-state index >= 15 is 0 Å². The molecule has 0 aromatic carbocycles. The molecule has 0 saturated carbocycles. The lowest BCUT2D eigenvalue weighted by molar-refractivity contribution is 0.192. The van der Waals surface area contributed by atoms with E-state index in [1.54, 1.807) is 7.11 Å². The van der Waals surface area contributed by atoms with Crippen molar-refractivity contribution in [2.45, 2.75) is 19.4 Å². The van der Waals surface area contributed by atoms with Crippen molar-refractivity contribution >= 4 is 0 Å². The second-order valence-electron chi connectivity index (χ2n) is 4.63. The summed E-state index contributed by atoms with van der Waals surface area (Å²) in [6.07, 6.45) is 4.78. The number of methoxy groups -OCH3 is 1. The SMILES string of the molecule is COCCNCC(C)N(C)CCc1ccncc1. The Kier molecular flexibility index (Phi) is 7.57. The first kappa shape index (κ1) is 15.1. The van der Waals surface area contributed by atoms with Gasteiger partial charge in [-0.15, -0.1) is 0 Å². The Morgan fingerprint density at radius 1 is 1.39 bits per heavy atom. The molecule has 0 fully saturated rings. The molecule has 4 nitrogen and oxygen atoms in total. The molecule has 1 aromatic rings. The number of rotatable bonds is 9. The molecule has 1 atom stereocenters. The van der Waals surface area contributed by atoms with E-state index in [0.29, 0.717) is 6.04 Å². The number of aromatic nitrogens is 1. The zero-order valence-electron chi connectivity index (χ0n) is 11.7. The summed E-state index contributed by atoms with van der Waals surface area (Å²) in [5.74, 6) is 0. The average molecular weight is 251 g/mol. The molecular weight excluding hydrogens is 226 g/mol. The van der Waals surface area contributed by atoms with E-state index in [0.717, 1.165) is 32.7 Å². The summed E-state index contributed by atoms with van der Waals surface area (Å²) >= 11 is 0. The van der Waals surface area contributed by atoms with Crippen LogP contribution in [0.3, 0.4) is 0 Å². The van der Waals surface area contributed by atoms with Crippen LogP contribution in [-0.2, 0) is 11.2 Å². The van der Waals surface area contributed by atoms with Crippen molar-refractivity contribution in [3.8, 4) is 0 Å². The minimum absolute atomic E-state index is 0.531. The number of nitrogens with zero attached hydrogens (tertiary/aromatic N) is 2. The van der Waals surface area contributed by atoms with Gasteiger partial charge in [-0.25, -0.2) is 0 Å². The lowest BCUT2D eigenvalue weighted by Crippen LogP contribution is -2.39. The fraction of sp³-hybridized carbons (Fsp3) is 0.643. The van der Waals surface area contributed by atoms with Crippen molar-refractivity contribution in [1.82, 2.24) is 15.2 Å². The van der Waals surface area contributed by atoms with Gasteiger partial charge in [0.05, 0.1) is 6.61 Å². The van der Waals surface area contributed by atoms with Crippen LogP contribution in [0.25, 0.3) is 0 Å². The van der Waals surface area contributed by atoms with Crippen molar-refractivity contribution in [2.24, 2.45) is 0 Å². The van der Waals surface area contributed by atoms with Crippen molar-refractivity contribution in [2.75, 3.05) is 40.4 Å². The second kappa shape index (κ2) is 9.03. The fourth-order valence-corrected chi connectivity index (χ4v) is 1.72. The van der Waals surface area contributed by atoms with Gasteiger partial charge < -0.3 is 15.0 Å². The van der Waals surface area contributed by atoms with Crippen LogP contribution in [0.2, 0.25) is 0 Å². The summed E-state index contributed by atoms with van der Waals surface area (Å²) in [5, 5.41) is 3.39. The smallest absolute Gasteiger partial charge is 0.0587 e. The van der Waals surface area contributed by atoms with E-state index in [9.17, 15) is 0 Å². The van der Waals surface area contributed by atoms with Crippen LogP contribution >= 0.6 is 0 Å². The van der Waals surface area contributed by atoms with Gasteiger partial charge in [-0.2, -0.15) is 0 Å². The standard InChI is InChI=1S/C14H25N3O/c1-13(12-16-9-11-18-3)17(2)10-6-14-4-7-15-8-5-14/h4-5,7-8,13,16H,6,9-12H2,1-3H3. The third-order valence-electron chi connectivity index (χ3n) is 3.18. The summed E-state index contributed by atoms with van der Waals surface area (Å²) in [4.78, 5) is 6.41. The van der Waals surface area contributed by atoms with E-state index in [2.05, 4.69) is 41.3 Å². The topological polar surface area (TPSA) is 37.4 Å². The number of ether oxygens (including phenoxy) is 1. The maximum atomic E-state index is 5.01. The van der Waals surface area contributed by atoms with Crippen LogP contribution in [0.15, 0.2) is 24.5 Å². The Morgan fingerprint density at radius 2 is 2.11 bits per heavy atom. The van der Waals surface area contributed by atoms with E-state index in [1.165, 1.54) is 5.56 Å². The number of nitrogens with one attached hydrogen (secondary N) is 1. The van der Waals surface area contributed by atoms with Crippen molar-refractivity contribution in [1.29, 1.82) is 0 Å². The van der Waals surface area contributed by atoms with Gasteiger partial charge in [-0.3, -0.25) is 4.98 Å². The first-order valence-corrected chi connectivity index (χ1v) is 6.53. The fourth-order valence-electron chi connectivity index (χ4n) is 1.72. The quantitative estimate of drug-likeness (QED) is 0.669. The molecule has 0 saturated heterocycles. The van der Waals surface area contributed by atoms with Gasteiger partial charge in [-0.05, 0) is 38.1 Å². The lowest BCUT2D eigenvalue weighted by atomic mass is 10.2. The molecule has 18 heavy (non-hydrogen) atoms. The van der Waals surface area contributed by atoms with E-state index in [-0.39, 0.29) is 0 Å². The highest BCUT2D eigenvalue weighted by Crippen LogP contribution is 2.01. The van der Waals surface area contributed by atoms with Crippen molar-refractivity contribution in [3.05, 3.63) is 30.1 Å². The largest absolute Gasteiger partial charge is 0.383 e. The molecule has 102 valence electrons. The Hall–Kier alpha value is -0.970. The summed E-state index contributed by atoms with van der Waals surface area (Å²) < 4.78 is 5.01. The summed E-state index contributed by atoms with van der Waals surface area (Å²) in [5.41, 5.74) is 1.34. The Balaban J connectivity index is 2.17. The minimum atomic E-state index is 0.531. The Morgan fingerprint density at radius 3 is 2.78 bits per heavy atom. The maximum Gasteiger partial charge on any atom is 0.0587 e. The third-order valence-corrected chi connectivity index (χ3v) is 3.18. The predicted molar refractivity (Wildman–Crippen MR) is 74.8 cm³/mol. The van der Waals surface area contributed by atoms with Crippen LogP contribution < -0.4 is 5.32 Å². The Bertz CT molecular complexity index is 305. The van der Waals surface area contributed by atoms with Crippen molar-refractivity contribution < 1.29 is 4.74 Å². The van der Waals surface area contributed by atoms with Crippen LogP contribution in [0, 0.1) is 0 Å². The highest BCUT2D eigenvalue weighted by molar-refractivity contribution is 5.09. The van der Waals surface area contributed by atoms with Gasteiger partial charge in [0.15, 0.2) is 0 Å². The van der Waals surface area contributed by atoms with E-state index in [4.69, 9.17) is 4.74 Å². The average Bonchev–Trinajstić information content (AvgIpc) is 2.42. The first-order valence-electron chi connectivity index (χ1n) is 6.53. The molecule has 4 heteroatoms. The number of hydrogen-bond donors (Lipinski definition) is 1. The number of hydrogen-bond acceptors (Lipinski definition) is 4. The first-order chi connectivity index (χ1) is 8.74. The minimum Gasteiger partial charge on any atom is -0.383 e. The lowest BCUT2D eigenvalue weighted by Gasteiger charge is -2.25. The molecular formula is C14H25N3O. The normalized spacial score (nSPS) is 12.9. The number of pyridine rings is 1. The zero-order valence-corrected chi connectivity index (χ0v) is 11.7. The van der Waals surface area contributed by atoms with Crippen LogP contribution in [-0.4, -0.2) is 56.3 Å². The van der Waals surface area contributed by atoms with Gasteiger partial charge in [0, 0.05) is 45.2 Å². The molecule has 0 aliphatic rings. The summed E-state index contributed by atoms with van der Waals surface area (Å²) in [6.45, 7) is 5.99. The summed E-state index contributed by atoms with van der Waals surface area (Å²) in [7, 11) is 3.90. The van der Waals surface area contributed by atoms with Gasteiger partial charge >= 0.3 is 0 Å². The molecule has 0 radical (unpaired) electrons. The molecule has 0 amide bonds. The van der Waals surface area contributed by atoms with E-state index < -0.39 is 0 Å². The molecule has 1 rings (SSSR count). The molecule has 1 aromatic heterocycles. The van der Waals surface area contributed by atoms with Crippen LogP contribution in [0.5, 0.6) is 0 Å². The molecule has 1 N–H and O–H groups in total. The van der Waals surface area contributed by atoms with Gasteiger partial charge in [-0.1, -0.05) is 0 Å². The van der Waals surface area contributed by atoms with E-state index in [1.807, 2.05) is 12.4 Å². The molecule has 0 bridgehead atoms. The second-order valence-corrected chi connectivity index (χ2v) is 4.63. The maximum absolute atomic E-state index is 5.01. The van der Waals surface area contributed by atoms with Gasteiger partial charge in [0.2, 0.25) is 0 Å². The molecule has 0 aliphatic heterocycles. The highest BCUT2D eigenvalue weighted by Gasteiger charge is 2.08. The van der Waals surface area contributed by atoms with Gasteiger partial charge in [0.1, 0.15) is 0 Å². The molecule has 0 aliphatic carbocycles.